The predicted molar refractivity (Wildman–Crippen MR) is 138 cm³/mol. The van der Waals surface area contributed by atoms with Gasteiger partial charge in [-0.3, -0.25) is 9.59 Å². The Bertz CT molecular complexity index is 1110. The second-order valence-electron chi connectivity index (χ2n) is 8.16. The maximum atomic E-state index is 12.4. The number of carbonyl (C=O) groups excluding carboxylic acids is 2. The summed E-state index contributed by atoms with van der Waals surface area (Å²) in [7, 11) is 0. The summed E-state index contributed by atoms with van der Waals surface area (Å²) in [5.41, 5.74) is 2.71. The number of hydrogen-bond donors (Lipinski definition) is 5. The molecule has 1 atom stereocenters. The molecule has 1 aromatic heterocycles. The van der Waals surface area contributed by atoms with Gasteiger partial charge in [-0.2, -0.15) is 0 Å². The number of pyridine rings is 1. The van der Waals surface area contributed by atoms with Crippen LogP contribution in [0, 0.1) is 0 Å². The van der Waals surface area contributed by atoms with Crippen molar-refractivity contribution in [3.8, 4) is 11.1 Å². The first-order valence-corrected chi connectivity index (χ1v) is 11.8. The van der Waals surface area contributed by atoms with Gasteiger partial charge in [-0.1, -0.05) is 60.7 Å². The molecule has 0 saturated heterocycles. The maximum absolute atomic E-state index is 12.4. The third-order valence-corrected chi connectivity index (χ3v) is 5.40. The molecule has 3 aromatic rings. The monoisotopic (exact) mass is 489 g/mol. The first-order chi connectivity index (χ1) is 17.5. The average molecular weight is 490 g/mol. The van der Waals surface area contributed by atoms with Crippen LogP contribution in [0.25, 0.3) is 11.1 Å². The summed E-state index contributed by atoms with van der Waals surface area (Å²) >= 11 is 0. The Kier molecular flexibility index (Phi) is 10.3. The quantitative estimate of drug-likeness (QED) is 0.233. The molecule has 0 bridgehead atoms. The fourth-order valence-corrected chi connectivity index (χ4v) is 3.57. The van der Waals surface area contributed by atoms with Crippen LogP contribution in [0.1, 0.15) is 30.9 Å². The normalized spacial score (nSPS) is 11.2. The zero-order valence-electron chi connectivity index (χ0n) is 19.9. The molecule has 3 amide bonds. The third-order valence-electron chi connectivity index (χ3n) is 5.40. The van der Waals surface area contributed by atoms with E-state index in [4.69, 9.17) is 0 Å². The van der Waals surface area contributed by atoms with Gasteiger partial charge in [0.05, 0.1) is 19.0 Å². The number of carbonyl (C=O) groups is 3. The number of rotatable bonds is 13. The Morgan fingerprint density at radius 2 is 1.50 bits per heavy atom. The number of benzene rings is 2. The van der Waals surface area contributed by atoms with Crippen LogP contribution in [0.15, 0.2) is 79.0 Å². The number of nitrogens with one attached hydrogen (secondary N) is 4. The van der Waals surface area contributed by atoms with Crippen molar-refractivity contribution >= 4 is 23.7 Å². The van der Waals surface area contributed by atoms with Crippen molar-refractivity contribution in [2.45, 2.75) is 25.3 Å². The summed E-state index contributed by atoms with van der Waals surface area (Å²) in [6.45, 7) is 0.943. The molecule has 0 radical (unpaired) electrons. The SMILES string of the molecule is O=C(O)CC(NC(=O)CNC(=O)NCCCCNc1ccccn1)c1ccc(-c2ccccc2)cc1. The lowest BCUT2D eigenvalue weighted by atomic mass is 9.99. The van der Waals surface area contributed by atoms with Gasteiger partial charge >= 0.3 is 12.0 Å². The van der Waals surface area contributed by atoms with Crippen molar-refractivity contribution in [2.24, 2.45) is 0 Å². The van der Waals surface area contributed by atoms with Gasteiger partial charge in [-0.05, 0) is 41.7 Å². The number of amides is 3. The molecule has 0 aliphatic heterocycles. The molecule has 3 rings (SSSR count). The largest absolute Gasteiger partial charge is 0.481 e. The van der Waals surface area contributed by atoms with Crippen molar-refractivity contribution in [3.05, 3.63) is 84.6 Å². The van der Waals surface area contributed by atoms with Gasteiger partial charge in [0, 0.05) is 19.3 Å². The van der Waals surface area contributed by atoms with Crippen LogP contribution >= 0.6 is 0 Å². The Morgan fingerprint density at radius 1 is 0.806 bits per heavy atom. The second-order valence-corrected chi connectivity index (χ2v) is 8.16. The summed E-state index contributed by atoms with van der Waals surface area (Å²) in [5, 5.41) is 20.4. The zero-order chi connectivity index (χ0) is 25.6. The van der Waals surface area contributed by atoms with E-state index in [9.17, 15) is 19.5 Å². The molecule has 5 N–H and O–H groups in total. The molecule has 188 valence electrons. The van der Waals surface area contributed by atoms with Crippen LogP contribution in [0.2, 0.25) is 0 Å². The van der Waals surface area contributed by atoms with E-state index in [1.54, 1.807) is 18.3 Å². The number of hydrogen-bond acceptors (Lipinski definition) is 5. The van der Waals surface area contributed by atoms with Gasteiger partial charge in [-0.15, -0.1) is 0 Å². The number of nitrogens with zero attached hydrogens (tertiary/aromatic N) is 1. The van der Waals surface area contributed by atoms with Crippen molar-refractivity contribution in [3.63, 3.8) is 0 Å². The van der Waals surface area contributed by atoms with Crippen LogP contribution in [0.5, 0.6) is 0 Å². The number of unbranched alkanes of at least 4 members (excludes halogenated alkanes) is 1. The van der Waals surface area contributed by atoms with Crippen molar-refractivity contribution in [1.82, 2.24) is 20.9 Å². The topological polar surface area (TPSA) is 132 Å². The third kappa shape index (κ3) is 9.09. The highest BCUT2D eigenvalue weighted by Crippen LogP contribution is 2.23. The van der Waals surface area contributed by atoms with E-state index in [0.29, 0.717) is 12.1 Å². The van der Waals surface area contributed by atoms with Gasteiger partial charge in [0.1, 0.15) is 5.82 Å². The second kappa shape index (κ2) is 14.1. The average Bonchev–Trinajstić information content (AvgIpc) is 2.90. The summed E-state index contributed by atoms with van der Waals surface area (Å²) in [6, 6.07) is 21.7. The van der Waals surface area contributed by atoms with Crippen molar-refractivity contribution in [2.75, 3.05) is 25.0 Å². The number of urea groups is 1. The number of anilines is 1. The van der Waals surface area contributed by atoms with Gasteiger partial charge in [0.2, 0.25) is 5.91 Å². The highest BCUT2D eigenvalue weighted by molar-refractivity contribution is 5.84. The lowest BCUT2D eigenvalue weighted by Gasteiger charge is -2.18. The molecular weight excluding hydrogens is 458 g/mol. The molecule has 0 fully saturated rings. The minimum absolute atomic E-state index is 0.259. The van der Waals surface area contributed by atoms with E-state index in [2.05, 4.69) is 26.3 Å². The summed E-state index contributed by atoms with van der Waals surface area (Å²) in [4.78, 5) is 39.9. The zero-order valence-corrected chi connectivity index (χ0v) is 19.9. The molecule has 9 heteroatoms. The highest BCUT2D eigenvalue weighted by atomic mass is 16.4. The fourth-order valence-electron chi connectivity index (χ4n) is 3.57. The molecule has 0 aliphatic carbocycles. The molecule has 0 aliphatic rings. The number of carboxylic acids is 1. The molecule has 1 heterocycles. The molecule has 0 saturated carbocycles. The summed E-state index contributed by atoms with van der Waals surface area (Å²) < 4.78 is 0. The van der Waals surface area contributed by atoms with Gasteiger partial charge in [-0.25, -0.2) is 9.78 Å². The maximum Gasteiger partial charge on any atom is 0.315 e. The van der Waals surface area contributed by atoms with E-state index in [1.807, 2.05) is 60.7 Å². The molecule has 2 aromatic carbocycles. The highest BCUT2D eigenvalue weighted by Gasteiger charge is 2.18. The Hall–Kier alpha value is -4.40. The van der Waals surface area contributed by atoms with E-state index < -0.39 is 23.9 Å². The van der Waals surface area contributed by atoms with Crippen LogP contribution in [-0.4, -0.2) is 47.6 Å². The van der Waals surface area contributed by atoms with Gasteiger partial charge in [0.15, 0.2) is 0 Å². The van der Waals surface area contributed by atoms with Crippen LogP contribution in [-0.2, 0) is 9.59 Å². The molecular formula is C27H31N5O4. The molecule has 1 unspecified atom stereocenters. The van der Waals surface area contributed by atoms with E-state index >= 15 is 0 Å². The van der Waals surface area contributed by atoms with Crippen molar-refractivity contribution < 1.29 is 19.5 Å². The molecule has 0 spiro atoms. The summed E-state index contributed by atoms with van der Waals surface area (Å²) in [6.07, 6.45) is 3.06. The van der Waals surface area contributed by atoms with Crippen LogP contribution in [0.3, 0.4) is 0 Å². The van der Waals surface area contributed by atoms with E-state index in [0.717, 1.165) is 36.3 Å². The number of carboxylic acid groups (broad SMARTS) is 1. The fraction of sp³-hybridized carbons (Fsp3) is 0.259. The first-order valence-electron chi connectivity index (χ1n) is 11.8. The van der Waals surface area contributed by atoms with Crippen LogP contribution < -0.4 is 21.3 Å². The minimum atomic E-state index is -1.03. The van der Waals surface area contributed by atoms with Gasteiger partial charge in [0.25, 0.3) is 0 Å². The first kappa shape index (κ1) is 26.2. The lowest BCUT2D eigenvalue weighted by Crippen LogP contribution is -2.43. The van der Waals surface area contributed by atoms with E-state index in [1.165, 1.54) is 0 Å². The predicted octanol–water partition coefficient (Wildman–Crippen LogP) is 3.57. The van der Waals surface area contributed by atoms with Gasteiger partial charge < -0.3 is 26.4 Å². The van der Waals surface area contributed by atoms with E-state index in [-0.39, 0.29) is 13.0 Å². The standard InChI is InChI=1S/C27H31N5O4/c33-25(19-31-27(36)30-17-7-6-16-29-24-10-4-5-15-28-24)32-23(18-26(34)35)22-13-11-21(12-14-22)20-8-2-1-3-9-20/h1-5,8-15,23H,6-7,16-19H2,(H,28,29)(H,32,33)(H,34,35)(H2,30,31,36). The summed E-state index contributed by atoms with van der Waals surface area (Å²) in [5.74, 6) is -0.693. The number of aromatic nitrogens is 1. The lowest BCUT2D eigenvalue weighted by molar-refractivity contribution is -0.137. The Labute approximate surface area is 210 Å². The van der Waals surface area contributed by atoms with Crippen molar-refractivity contribution in [1.29, 1.82) is 0 Å². The Balaban J connectivity index is 1.39. The molecule has 36 heavy (non-hydrogen) atoms. The molecule has 9 nitrogen and oxygen atoms in total. The smallest absolute Gasteiger partial charge is 0.315 e. The number of aliphatic carboxylic acids is 1. The Morgan fingerprint density at radius 3 is 2.19 bits per heavy atom. The van der Waals surface area contributed by atoms with Crippen LogP contribution in [0.4, 0.5) is 10.6 Å². The minimum Gasteiger partial charge on any atom is -0.481 e.